The normalized spacial score (nSPS) is 13.3. The fraction of sp³-hybridized carbons (Fsp3) is 0.368. The van der Waals surface area contributed by atoms with E-state index < -0.39 is 17.8 Å². The second-order valence-electron chi connectivity index (χ2n) is 6.24. The van der Waals surface area contributed by atoms with Gasteiger partial charge < -0.3 is 9.64 Å². The van der Waals surface area contributed by atoms with Crippen molar-refractivity contribution < 1.29 is 22.8 Å². The van der Waals surface area contributed by atoms with E-state index in [4.69, 9.17) is 4.74 Å². The smallest absolute Gasteiger partial charge is 0.363 e. The molecule has 2 nitrogen and oxygen atoms in total. The van der Waals surface area contributed by atoms with Crippen LogP contribution < -0.4 is 4.90 Å². The van der Waals surface area contributed by atoms with Gasteiger partial charge in [0.15, 0.2) is 0 Å². The van der Waals surface area contributed by atoms with Gasteiger partial charge in [-0.25, -0.2) is 0 Å². The summed E-state index contributed by atoms with van der Waals surface area (Å²) in [6.07, 6.45) is -4.87. The van der Waals surface area contributed by atoms with E-state index in [-0.39, 0.29) is 0 Å². The van der Waals surface area contributed by atoms with Gasteiger partial charge in [0.25, 0.3) is 0 Å². The maximum absolute atomic E-state index is 13.0. The summed E-state index contributed by atoms with van der Waals surface area (Å²) in [4.78, 5) is 1.22. The van der Waals surface area contributed by atoms with E-state index in [1.165, 1.54) is 17.0 Å². The van der Waals surface area contributed by atoms with Crippen molar-refractivity contribution in [2.75, 3.05) is 27.2 Å². The molecule has 0 saturated carbocycles. The zero-order valence-electron chi connectivity index (χ0n) is 14.2. The van der Waals surface area contributed by atoms with Crippen LogP contribution in [0.5, 0.6) is 0 Å². The third-order valence-electron chi connectivity index (χ3n) is 3.78. The molecule has 0 aliphatic heterocycles. The Morgan fingerprint density at radius 3 is 2.25 bits per heavy atom. The molecule has 0 aliphatic carbocycles. The topological polar surface area (TPSA) is 13.7 Å². The van der Waals surface area contributed by atoms with Crippen molar-refractivity contribution in [2.24, 2.45) is 0 Å². The van der Waals surface area contributed by atoms with Crippen LogP contribution in [-0.2, 0) is 10.9 Å². The predicted molar refractivity (Wildman–Crippen MR) is 88.1 cm³/mol. The first kappa shape index (κ1) is 18.5. The standard InChI is InChI=1S/C19H22F3NO/c1-14-7-9-15(10-8-14)18(24-12-11-23(2)3)16-5-4-6-17(13-16)19(20,21)22/h4-10,13,18H,11-12H2,1-3H3/p+1/t18-/m0/s1. The van der Waals surface area contributed by atoms with Crippen LogP contribution in [0.4, 0.5) is 13.2 Å². The van der Waals surface area contributed by atoms with Gasteiger partial charge in [0.1, 0.15) is 12.6 Å². The first-order chi connectivity index (χ1) is 11.3. The highest BCUT2D eigenvalue weighted by atomic mass is 19.4. The molecule has 2 aromatic carbocycles. The van der Waals surface area contributed by atoms with Crippen LogP contribution in [0.15, 0.2) is 48.5 Å². The second-order valence-corrected chi connectivity index (χ2v) is 6.24. The third-order valence-corrected chi connectivity index (χ3v) is 3.78. The summed E-state index contributed by atoms with van der Waals surface area (Å²) >= 11 is 0. The number of ether oxygens (including phenoxy) is 1. The van der Waals surface area contributed by atoms with Crippen molar-refractivity contribution in [3.8, 4) is 0 Å². The maximum Gasteiger partial charge on any atom is 0.416 e. The highest BCUT2D eigenvalue weighted by Gasteiger charge is 2.31. The summed E-state index contributed by atoms with van der Waals surface area (Å²) in [6.45, 7) is 3.22. The lowest BCUT2D eigenvalue weighted by Crippen LogP contribution is -3.06. The zero-order valence-corrected chi connectivity index (χ0v) is 14.2. The van der Waals surface area contributed by atoms with Gasteiger partial charge in [0.2, 0.25) is 0 Å². The van der Waals surface area contributed by atoms with Gasteiger partial charge in [0.05, 0.1) is 26.3 Å². The minimum Gasteiger partial charge on any atom is -0.363 e. The van der Waals surface area contributed by atoms with Crippen LogP contribution >= 0.6 is 0 Å². The van der Waals surface area contributed by atoms with Crippen molar-refractivity contribution >= 4 is 0 Å². The highest BCUT2D eigenvalue weighted by Crippen LogP contribution is 2.33. The van der Waals surface area contributed by atoms with Gasteiger partial charge in [-0.3, -0.25) is 0 Å². The number of rotatable bonds is 6. The van der Waals surface area contributed by atoms with Gasteiger partial charge in [-0.2, -0.15) is 13.2 Å². The Balaban J connectivity index is 2.32. The number of halogens is 3. The van der Waals surface area contributed by atoms with E-state index >= 15 is 0 Å². The molecule has 0 radical (unpaired) electrons. The van der Waals surface area contributed by atoms with Crippen molar-refractivity contribution in [2.45, 2.75) is 19.2 Å². The molecule has 2 aromatic rings. The number of aryl methyl sites for hydroxylation is 1. The van der Waals surface area contributed by atoms with E-state index in [2.05, 4.69) is 0 Å². The summed E-state index contributed by atoms with van der Waals surface area (Å²) in [6, 6.07) is 13.1. The molecule has 0 bridgehead atoms. The van der Waals surface area contributed by atoms with Gasteiger partial charge >= 0.3 is 6.18 Å². The Morgan fingerprint density at radius 2 is 1.67 bits per heavy atom. The first-order valence-corrected chi connectivity index (χ1v) is 7.91. The molecule has 1 atom stereocenters. The van der Waals surface area contributed by atoms with E-state index in [0.29, 0.717) is 12.2 Å². The summed E-state index contributed by atoms with van der Waals surface area (Å²) < 4.78 is 44.9. The number of benzene rings is 2. The number of likely N-dealkylation sites (N-methyl/N-ethyl adjacent to an activating group) is 1. The number of hydrogen-bond donors (Lipinski definition) is 1. The number of quaternary nitrogens is 1. The first-order valence-electron chi connectivity index (χ1n) is 7.91. The molecular formula is C19H23F3NO+. The molecule has 0 unspecified atom stereocenters. The number of alkyl halides is 3. The largest absolute Gasteiger partial charge is 0.416 e. The second kappa shape index (κ2) is 7.81. The zero-order chi connectivity index (χ0) is 17.7. The van der Waals surface area contributed by atoms with Crippen molar-refractivity contribution in [1.82, 2.24) is 0 Å². The highest BCUT2D eigenvalue weighted by molar-refractivity contribution is 5.35. The van der Waals surface area contributed by atoms with Crippen LogP contribution in [0.3, 0.4) is 0 Å². The molecule has 0 amide bonds. The fourth-order valence-corrected chi connectivity index (χ4v) is 2.39. The van der Waals surface area contributed by atoms with E-state index in [0.717, 1.165) is 23.7 Å². The maximum atomic E-state index is 13.0. The molecule has 0 spiro atoms. The van der Waals surface area contributed by atoms with Crippen LogP contribution in [-0.4, -0.2) is 27.2 Å². The molecule has 5 heteroatoms. The third kappa shape index (κ3) is 5.08. The molecule has 0 fully saturated rings. The van der Waals surface area contributed by atoms with E-state index in [1.807, 2.05) is 45.3 Å². The Hall–Kier alpha value is -1.85. The molecule has 0 aliphatic rings. The Morgan fingerprint density at radius 1 is 1.00 bits per heavy atom. The lowest BCUT2D eigenvalue weighted by molar-refractivity contribution is -0.858. The Bertz CT molecular complexity index is 650. The van der Waals surface area contributed by atoms with Crippen molar-refractivity contribution in [3.05, 3.63) is 70.8 Å². The summed E-state index contributed by atoms with van der Waals surface area (Å²) in [5.74, 6) is 0. The molecular weight excluding hydrogens is 315 g/mol. The quantitative estimate of drug-likeness (QED) is 0.853. The minimum absolute atomic E-state index is 0.469. The molecule has 0 heterocycles. The minimum atomic E-state index is -4.36. The lowest BCUT2D eigenvalue weighted by atomic mass is 9.98. The van der Waals surface area contributed by atoms with E-state index in [9.17, 15) is 13.2 Å². The van der Waals surface area contributed by atoms with Crippen molar-refractivity contribution in [3.63, 3.8) is 0 Å². The SMILES string of the molecule is Cc1ccc([C@H](OCC[NH+](C)C)c2cccc(C(F)(F)F)c2)cc1. The Kier molecular flexibility index (Phi) is 6.02. The van der Waals surface area contributed by atoms with Gasteiger partial charge in [-0.1, -0.05) is 42.0 Å². The number of nitrogens with one attached hydrogen (secondary N) is 1. The fourth-order valence-electron chi connectivity index (χ4n) is 2.39. The molecule has 0 saturated heterocycles. The van der Waals surface area contributed by atoms with Gasteiger partial charge in [-0.15, -0.1) is 0 Å². The number of hydrogen-bond acceptors (Lipinski definition) is 1. The van der Waals surface area contributed by atoms with E-state index in [1.54, 1.807) is 6.07 Å². The van der Waals surface area contributed by atoms with Gasteiger partial charge in [0, 0.05) is 0 Å². The molecule has 24 heavy (non-hydrogen) atoms. The molecule has 2 rings (SSSR count). The molecule has 1 N–H and O–H groups in total. The average molecular weight is 338 g/mol. The van der Waals surface area contributed by atoms with Crippen LogP contribution in [0, 0.1) is 6.92 Å². The van der Waals surface area contributed by atoms with Crippen LogP contribution in [0.1, 0.15) is 28.4 Å². The lowest BCUT2D eigenvalue weighted by Gasteiger charge is -2.21. The van der Waals surface area contributed by atoms with Gasteiger partial charge in [-0.05, 0) is 30.2 Å². The molecule has 0 aromatic heterocycles. The van der Waals surface area contributed by atoms with Crippen LogP contribution in [0.25, 0.3) is 0 Å². The molecule has 130 valence electrons. The Labute approximate surface area is 140 Å². The predicted octanol–water partition coefficient (Wildman–Crippen LogP) is 3.26. The van der Waals surface area contributed by atoms with Crippen LogP contribution in [0.2, 0.25) is 0 Å². The summed E-state index contributed by atoms with van der Waals surface area (Å²) in [5, 5.41) is 0. The van der Waals surface area contributed by atoms with Crippen molar-refractivity contribution in [1.29, 1.82) is 0 Å². The monoisotopic (exact) mass is 338 g/mol. The average Bonchev–Trinajstić information content (AvgIpc) is 2.52. The summed E-state index contributed by atoms with van der Waals surface area (Å²) in [5.41, 5.74) is 1.81. The summed E-state index contributed by atoms with van der Waals surface area (Å²) in [7, 11) is 4.02.